The molecule has 1 saturated heterocycles. The summed E-state index contributed by atoms with van der Waals surface area (Å²) in [7, 11) is -0.941. The van der Waals surface area contributed by atoms with Gasteiger partial charge in [0.1, 0.15) is 6.17 Å². The average molecular weight is 501 g/mol. The van der Waals surface area contributed by atoms with Gasteiger partial charge < -0.3 is 10.2 Å². The van der Waals surface area contributed by atoms with Crippen molar-refractivity contribution in [3.8, 4) is 0 Å². The molecule has 3 heterocycles. The first-order valence-electron chi connectivity index (χ1n) is 11.0. The van der Waals surface area contributed by atoms with E-state index in [0.29, 0.717) is 12.2 Å². The van der Waals surface area contributed by atoms with E-state index in [2.05, 4.69) is 29.0 Å². The molecule has 2 N–H and O–H groups in total. The molecule has 0 aliphatic carbocycles. The first kappa shape index (κ1) is 25.4. The number of carbonyl (C=O) groups is 1. The smallest absolute Gasteiger partial charge is 0.306 e. The Morgan fingerprint density at radius 1 is 1.24 bits per heavy atom. The highest BCUT2D eigenvalue weighted by atomic mass is 32.2. The second-order valence-electron chi connectivity index (χ2n) is 9.17. The molecule has 1 fully saturated rings. The van der Waals surface area contributed by atoms with Gasteiger partial charge in [0, 0.05) is 42.5 Å². The molecule has 2 aromatic heterocycles. The molecule has 2 atom stereocenters. The van der Waals surface area contributed by atoms with Crippen LogP contribution in [0.15, 0.2) is 18.5 Å². The number of amides is 2. The normalized spacial score (nSPS) is 19.8. The Morgan fingerprint density at radius 3 is 2.48 bits per heavy atom. The summed E-state index contributed by atoms with van der Waals surface area (Å²) in [6.45, 7) is 8.74. The first-order valence-corrected chi connectivity index (χ1v) is 13.2. The monoisotopic (exact) mass is 500 g/mol. The zero-order valence-electron chi connectivity index (χ0n) is 19.9. The lowest BCUT2D eigenvalue weighted by atomic mass is 10.0. The third-order valence-electron chi connectivity index (χ3n) is 5.44. The minimum absolute atomic E-state index is 0.0293. The fourth-order valence-corrected chi connectivity index (χ4v) is 6.43. The summed E-state index contributed by atoms with van der Waals surface area (Å²) in [5.41, 5.74) is 0.867. The fraction of sp³-hybridized carbons (Fsp3) is 0.619. The van der Waals surface area contributed by atoms with Crippen LogP contribution in [0.5, 0.6) is 0 Å². The largest absolute Gasteiger partial charge is 0.334 e. The molecule has 33 heavy (non-hydrogen) atoms. The Morgan fingerprint density at radius 2 is 1.94 bits per heavy atom. The molecule has 3 rings (SSSR count). The first-order chi connectivity index (χ1) is 15.4. The number of hydrogen-bond acceptors (Lipinski definition) is 6. The maximum Gasteiger partial charge on any atom is 0.334 e. The molecule has 2 amide bonds. The highest BCUT2D eigenvalue weighted by molar-refractivity contribution is 7.91. The van der Waals surface area contributed by atoms with E-state index in [1.165, 1.54) is 17.1 Å². The molecule has 9 nitrogen and oxygen atoms in total. The van der Waals surface area contributed by atoms with Crippen molar-refractivity contribution in [3.63, 3.8) is 0 Å². The van der Waals surface area contributed by atoms with Gasteiger partial charge in [-0.25, -0.2) is 18.2 Å². The summed E-state index contributed by atoms with van der Waals surface area (Å²) in [6.07, 6.45) is 1.78. The maximum absolute atomic E-state index is 14.3. The Balaban J connectivity index is 1.86. The molecule has 12 heteroatoms. The number of rotatable bonds is 7. The van der Waals surface area contributed by atoms with Gasteiger partial charge in [-0.3, -0.25) is 4.68 Å². The third-order valence-corrected chi connectivity index (χ3v) is 8.65. The van der Waals surface area contributed by atoms with Crippen molar-refractivity contribution < 1.29 is 17.6 Å². The molecule has 0 bridgehead atoms. The average Bonchev–Trinajstić information content (AvgIpc) is 3.27. The van der Waals surface area contributed by atoms with E-state index in [1.54, 1.807) is 30.3 Å². The number of likely N-dealkylation sites (N-methyl/N-ethyl adjacent to an activating group) is 1. The van der Waals surface area contributed by atoms with Gasteiger partial charge in [0.05, 0.1) is 23.6 Å². The van der Waals surface area contributed by atoms with E-state index in [9.17, 15) is 17.6 Å². The second-order valence-corrected chi connectivity index (χ2v) is 11.8. The number of likely N-dealkylation sites (tertiary alicyclic amines) is 1. The Hall–Kier alpha value is -2.18. The Kier molecular flexibility index (Phi) is 7.69. The Labute approximate surface area is 199 Å². The van der Waals surface area contributed by atoms with Gasteiger partial charge in [-0.15, -0.1) is 11.3 Å². The molecular formula is C21H33FN6O3S2. The summed E-state index contributed by atoms with van der Waals surface area (Å²) in [4.78, 5) is 16.6. The molecule has 184 valence electrons. The molecule has 2 aromatic rings. The molecule has 1 aliphatic rings. The van der Waals surface area contributed by atoms with Gasteiger partial charge in [0.15, 0.2) is 0 Å². The lowest BCUT2D eigenvalue weighted by Crippen LogP contribution is -2.56. The maximum atomic E-state index is 14.3. The van der Waals surface area contributed by atoms with Crippen molar-refractivity contribution in [1.82, 2.24) is 19.4 Å². The van der Waals surface area contributed by atoms with Gasteiger partial charge in [-0.1, -0.05) is 27.7 Å². The second kappa shape index (κ2) is 9.98. The lowest BCUT2D eigenvalue weighted by molar-refractivity contribution is 0.148. The van der Waals surface area contributed by atoms with Gasteiger partial charge in [0.25, 0.3) is 0 Å². The van der Waals surface area contributed by atoms with Crippen LogP contribution >= 0.6 is 11.3 Å². The van der Waals surface area contributed by atoms with E-state index < -0.39 is 28.5 Å². The topological polar surface area (TPSA) is 99.6 Å². The van der Waals surface area contributed by atoms with Crippen LogP contribution in [0, 0.1) is 0 Å². The van der Waals surface area contributed by atoms with Gasteiger partial charge in [-0.05, 0) is 24.9 Å². The van der Waals surface area contributed by atoms with Crippen LogP contribution in [-0.2, 0) is 17.3 Å². The molecule has 1 aliphatic heterocycles. The predicted octanol–water partition coefficient (Wildman–Crippen LogP) is 3.64. The highest BCUT2D eigenvalue weighted by Crippen LogP contribution is 2.37. The van der Waals surface area contributed by atoms with Crippen LogP contribution in [0.4, 0.5) is 20.6 Å². The van der Waals surface area contributed by atoms with Crippen LogP contribution in [0.1, 0.15) is 55.7 Å². The van der Waals surface area contributed by atoms with E-state index in [1.807, 2.05) is 19.9 Å². The van der Waals surface area contributed by atoms with Crippen LogP contribution in [0.25, 0.3) is 0 Å². The number of anilines is 2. The number of halogens is 1. The summed E-state index contributed by atoms with van der Waals surface area (Å²) in [6, 6.07) is 0.340. The molecule has 0 spiro atoms. The molecule has 0 saturated carbocycles. The summed E-state index contributed by atoms with van der Waals surface area (Å²) in [5, 5.41) is 6.76. The number of piperidine rings is 1. The van der Waals surface area contributed by atoms with Crippen molar-refractivity contribution in [2.45, 2.75) is 58.2 Å². The SMILES string of the molecule is CC(C)c1cc(NC(=O)NS(=O)(=O)N(c2cnn(C)c2)[C@H]2CC(F)CN(C)C2)c(C(C)C)s1. The molecule has 1 unspecified atom stereocenters. The predicted molar refractivity (Wildman–Crippen MR) is 130 cm³/mol. The van der Waals surface area contributed by atoms with Crippen molar-refractivity contribution in [3.05, 3.63) is 28.2 Å². The number of urea groups is 1. The highest BCUT2D eigenvalue weighted by Gasteiger charge is 2.37. The van der Waals surface area contributed by atoms with E-state index in [4.69, 9.17) is 0 Å². The van der Waals surface area contributed by atoms with Crippen LogP contribution < -0.4 is 14.3 Å². The summed E-state index contributed by atoms with van der Waals surface area (Å²) < 4.78 is 45.7. The number of hydrogen-bond donors (Lipinski definition) is 2. The minimum atomic E-state index is -4.34. The number of aryl methyl sites for hydroxylation is 1. The zero-order chi connectivity index (χ0) is 24.5. The van der Waals surface area contributed by atoms with E-state index in [0.717, 1.165) is 14.1 Å². The van der Waals surface area contributed by atoms with Gasteiger partial charge >= 0.3 is 16.2 Å². The standard InChI is InChI=1S/C21H33FN6O3S2/c1-13(2)19-8-18(20(32-19)14(3)4)24-21(29)25-33(30,31)28(17-9-23-27(6)12-17)16-7-15(22)10-26(5)11-16/h8-9,12-16H,7,10-11H2,1-6H3,(H2,24,25,29)/t15?,16-/m0/s1. The molecule has 0 radical (unpaired) electrons. The lowest BCUT2D eigenvalue weighted by Gasteiger charge is -2.38. The number of carbonyl (C=O) groups excluding carboxylic acids is 1. The van der Waals surface area contributed by atoms with Crippen molar-refractivity contribution in [1.29, 1.82) is 0 Å². The number of nitrogens with zero attached hydrogens (tertiary/aromatic N) is 4. The summed E-state index contributed by atoms with van der Waals surface area (Å²) in [5.74, 6) is 0.452. The molecule has 0 aromatic carbocycles. The third kappa shape index (κ3) is 6.04. The quantitative estimate of drug-likeness (QED) is 0.605. The number of nitrogens with one attached hydrogen (secondary N) is 2. The molecular weight excluding hydrogens is 467 g/mol. The minimum Gasteiger partial charge on any atom is -0.306 e. The van der Waals surface area contributed by atoms with Gasteiger partial charge in [-0.2, -0.15) is 13.5 Å². The van der Waals surface area contributed by atoms with Crippen molar-refractivity contribution in [2.75, 3.05) is 29.8 Å². The van der Waals surface area contributed by atoms with E-state index in [-0.39, 0.29) is 30.5 Å². The number of thiophene rings is 1. The zero-order valence-corrected chi connectivity index (χ0v) is 21.5. The van der Waals surface area contributed by atoms with Crippen molar-refractivity contribution >= 4 is 39.0 Å². The number of alkyl halides is 1. The summed E-state index contributed by atoms with van der Waals surface area (Å²) >= 11 is 1.60. The Bertz CT molecular complexity index is 1070. The van der Waals surface area contributed by atoms with Crippen LogP contribution in [0.3, 0.4) is 0 Å². The fourth-order valence-electron chi connectivity index (χ4n) is 4.00. The van der Waals surface area contributed by atoms with Crippen molar-refractivity contribution in [2.24, 2.45) is 7.05 Å². The van der Waals surface area contributed by atoms with Crippen LogP contribution in [-0.4, -0.2) is 61.5 Å². The van der Waals surface area contributed by atoms with Gasteiger partial charge in [0.2, 0.25) is 0 Å². The van der Waals surface area contributed by atoms with E-state index >= 15 is 0 Å². The number of aromatic nitrogens is 2. The van der Waals surface area contributed by atoms with Crippen LogP contribution in [0.2, 0.25) is 0 Å².